The molecule has 0 spiro atoms. The van der Waals surface area contributed by atoms with E-state index < -0.39 is 11.6 Å². The van der Waals surface area contributed by atoms with Crippen molar-refractivity contribution >= 4 is 5.97 Å². The number of aliphatic hydroxyl groups is 2. The van der Waals surface area contributed by atoms with Crippen molar-refractivity contribution in [2.75, 3.05) is 0 Å². The minimum Gasteiger partial charge on any atom is -0.478 e. The summed E-state index contributed by atoms with van der Waals surface area (Å²) in [5.41, 5.74) is -0.354. The fourth-order valence-electron chi connectivity index (χ4n) is 1.92. The third kappa shape index (κ3) is 7.25. The Bertz CT molecular complexity index is 403. The molecule has 0 bridgehead atoms. The Hall–Kier alpha value is -1.39. The number of benzene rings is 1. The summed E-state index contributed by atoms with van der Waals surface area (Å²) >= 11 is 0. The largest absolute Gasteiger partial charge is 0.478 e. The van der Waals surface area contributed by atoms with Crippen molar-refractivity contribution in [3.8, 4) is 0 Å². The maximum absolute atomic E-state index is 10.2. The highest BCUT2D eigenvalue weighted by Crippen LogP contribution is 2.26. The van der Waals surface area contributed by atoms with E-state index in [-0.39, 0.29) is 12.0 Å². The SMILES string of the molecule is CCC(O)CC(O)(CC)C(C)C.O=C(O)c1ccccc1. The molecule has 0 aromatic heterocycles. The van der Waals surface area contributed by atoms with Gasteiger partial charge in [0, 0.05) is 6.42 Å². The highest BCUT2D eigenvalue weighted by Gasteiger charge is 2.30. The van der Waals surface area contributed by atoms with Crippen LogP contribution in [0.4, 0.5) is 0 Å². The van der Waals surface area contributed by atoms with Gasteiger partial charge in [0.05, 0.1) is 17.3 Å². The second-order valence-corrected chi connectivity index (χ2v) is 5.55. The number of carboxylic acids is 1. The van der Waals surface area contributed by atoms with E-state index in [1.165, 1.54) is 0 Å². The van der Waals surface area contributed by atoms with Crippen LogP contribution in [-0.2, 0) is 0 Å². The molecule has 0 amide bonds. The minimum absolute atomic E-state index is 0.212. The first-order chi connectivity index (χ1) is 9.76. The Morgan fingerprint density at radius 3 is 2.00 bits per heavy atom. The molecule has 0 aliphatic rings. The molecule has 0 saturated carbocycles. The molecule has 0 aliphatic heterocycles. The van der Waals surface area contributed by atoms with Gasteiger partial charge in [-0.2, -0.15) is 0 Å². The third-order valence-corrected chi connectivity index (χ3v) is 3.77. The van der Waals surface area contributed by atoms with E-state index in [0.717, 1.165) is 6.42 Å². The molecule has 1 rings (SSSR count). The normalized spacial score (nSPS) is 14.8. The highest BCUT2D eigenvalue weighted by molar-refractivity contribution is 5.87. The van der Waals surface area contributed by atoms with Gasteiger partial charge in [-0.25, -0.2) is 4.79 Å². The maximum Gasteiger partial charge on any atom is 0.335 e. The summed E-state index contributed by atoms with van der Waals surface area (Å²) in [5, 5.41) is 27.8. The van der Waals surface area contributed by atoms with Crippen LogP contribution in [0.2, 0.25) is 0 Å². The molecule has 2 unspecified atom stereocenters. The van der Waals surface area contributed by atoms with E-state index >= 15 is 0 Å². The summed E-state index contributed by atoms with van der Waals surface area (Å²) in [6.07, 6.45) is 1.56. The Morgan fingerprint density at radius 1 is 1.19 bits per heavy atom. The second kappa shape index (κ2) is 9.53. The molecule has 2 atom stereocenters. The van der Waals surface area contributed by atoms with Crippen LogP contribution in [0, 0.1) is 5.92 Å². The molecule has 21 heavy (non-hydrogen) atoms. The molecule has 1 aromatic rings. The van der Waals surface area contributed by atoms with Gasteiger partial charge in [-0.05, 0) is 30.9 Å². The van der Waals surface area contributed by atoms with Crippen LogP contribution in [0.3, 0.4) is 0 Å². The van der Waals surface area contributed by atoms with Crippen molar-refractivity contribution in [3.05, 3.63) is 35.9 Å². The standard InChI is InChI=1S/C10H22O2.C7H6O2/c1-5-9(11)7-10(12,6-2)8(3)4;8-7(9)6-4-2-1-3-5-6/h8-9,11-12H,5-7H2,1-4H3;1-5H,(H,8,9). The summed E-state index contributed by atoms with van der Waals surface area (Å²) in [4.78, 5) is 10.2. The second-order valence-electron chi connectivity index (χ2n) is 5.55. The first-order valence-electron chi connectivity index (χ1n) is 7.45. The van der Waals surface area contributed by atoms with Crippen molar-refractivity contribution < 1.29 is 20.1 Å². The van der Waals surface area contributed by atoms with Crippen molar-refractivity contribution in [1.82, 2.24) is 0 Å². The van der Waals surface area contributed by atoms with E-state index in [1.807, 2.05) is 27.7 Å². The summed E-state index contributed by atoms with van der Waals surface area (Å²) < 4.78 is 0. The maximum atomic E-state index is 10.2. The topological polar surface area (TPSA) is 77.8 Å². The molecule has 0 aliphatic carbocycles. The van der Waals surface area contributed by atoms with Crippen LogP contribution in [0.15, 0.2) is 30.3 Å². The summed E-state index contributed by atoms with van der Waals surface area (Å²) in [6.45, 7) is 7.88. The van der Waals surface area contributed by atoms with Crippen LogP contribution < -0.4 is 0 Å². The molecular formula is C17H28O4. The number of hydrogen-bond acceptors (Lipinski definition) is 3. The quantitative estimate of drug-likeness (QED) is 0.752. The number of carboxylic acid groups (broad SMARTS) is 1. The minimum atomic E-state index is -0.879. The Morgan fingerprint density at radius 2 is 1.71 bits per heavy atom. The lowest BCUT2D eigenvalue weighted by molar-refractivity contribution is -0.0492. The van der Waals surface area contributed by atoms with Gasteiger partial charge in [0.1, 0.15) is 0 Å². The molecule has 4 nitrogen and oxygen atoms in total. The van der Waals surface area contributed by atoms with Gasteiger partial charge >= 0.3 is 5.97 Å². The van der Waals surface area contributed by atoms with Gasteiger partial charge in [-0.1, -0.05) is 45.9 Å². The highest BCUT2D eigenvalue weighted by atomic mass is 16.4. The summed E-state index contributed by atoms with van der Waals surface area (Å²) in [5.74, 6) is -0.667. The zero-order valence-electron chi connectivity index (χ0n) is 13.4. The number of hydrogen-bond donors (Lipinski definition) is 3. The molecular weight excluding hydrogens is 268 g/mol. The molecule has 120 valence electrons. The van der Waals surface area contributed by atoms with Crippen LogP contribution in [0.1, 0.15) is 57.3 Å². The van der Waals surface area contributed by atoms with Gasteiger partial charge in [-0.3, -0.25) is 0 Å². The molecule has 0 radical (unpaired) electrons. The molecule has 1 aromatic carbocycles. The Labute approximate surface area is 127 Å². The number of carbonyl (C=O) groups is 1. The lowest BCUT2D eigenvalue weighted by Gasteiger charge is -2.32. The van der Waals surface area contributed by atoms with Crippen LogP contribution >= 0.6 is 0 Å². The fourth-order valence-corrected chi connectivity index (χ4v) is 1.92. The predicted molar refractivity (Wildman–Crippen MR) is 84.4 cm³/mol. The van der Waals surface area contributed by atoms with Crippen molar-refractivity contribution in [2.45, 2.75) is 58.7 Å². The lowest BCUT2D eigenvalue weighted by Crippen LogP contribution is -2.37. The average Bonchev–Trinajstić information content (AvgIpc) is 2.48. The Balaban J connectivity index is 0.000000394. The van der Waals surface area contributed by atoms with Gasteiger partial charge in [0.15, 0.2) is 0 Å². The first-order valence-corrected chi connectivity index (χ1v) is 7.45. The first kappa shape index (κ1) is 19.6. The van der Waals surface area contributed by atoms with Gasteiger partial charge < -0.3 is 15.3 Å². The van der Waals surface area contributed by atoms with E-state index in [1.54, 1.807) is 30.3 Å². The van der Waals surface area contributed by atoms with Crippen molar-refractivity contribution in [3.63, 3.8) is 0 Å². The van der Waals surface area contributed by atoms with E-state index in [0.29, 0.717) is 18.4 Å². The van der Waals surface area contributed by atoms with Crippen LogP contribution in [0.5, 0.6) is 0 Å². The summed E-state index contributed by atoms with van der Waals surface area (Å²) in [6, 6.07) is 8.30. The number of aliphatic hydroxyl groups excluding tert-OH is 1. The zero-order valence-corrected chi connectivity index (χ0v) is 13.4. The van der Waals surface area contributed by atoms with E-state index in [4.69, 9.17) is 5.11 Å². The lowest BCUT2D eigenvalue weighted by atomic mass is 9.82. The van der Waals surface area contributed by atoms with E-state index in [2.05, 4.69) is 0 Å². The Kier molecular flexibility index (Phi) is 8.90. The predicted octanol–water partition coefficient (Wildman–Crippen LogP) is 3.33. The molecule has 0 fully saturated rings. The van der Waals surface area contributed by atoms with E-state index in [9.17, 15) is 15.0 Å². The molecule has 0 saturated heterocycles. The van der Waals surface area contributed by atoms with Crippen LogP contribution in [0.25, 0.3) is 0 Å². The monoisotopic (exact) mass is 296 g/mol. The average molecular weight is 296 g/mol. The zero-order chi connectivity index (χ0) is 16.5. The molecule has 3 N–H and O–H groups in total. The fraction of sp³-hybridized carbons (Fsp3) is 0.588. The smallest absolute Gasteiger partial charge is 0.335 e. The van der Waals surface area contributed by atoms with Gasteiger partial charge in [-0.15, -0.1) is 0 Å². The molecule has 0 heterocycles. The number of rotatable bonds is 6. The third-order valence-electron chi connectivity index (χ3n) is 3.77. The van der Waals surface area contributed by atoms with Gasteiger partial charge in [0.25, 0.3) is 0 Å². The van der Waals surface area contributed by atoms with Gasteiger partial charge in [0.2, 0.25) is 0 Å². The molecule has 4 heteroatoms. The summed E-state index contributed by atoms with van der Waals surface area (Å²) in [7, 11) is 0. The van der Waals surface area contributed by atoms with Crippen LogP contribution in [-0.4, -0.2) is 33.0 Å². The number of aromatic carboxylic acids is 1. The van der Waals surface area contributed by atoms with Crippen molar-refractivity contribution in [2.24, 2.45) is 5.92 Å². The van der Waals surface area contributed by atoms with Crippen molar-refractivity contribution in [1.29, 1.82) is 0 Å².